The SMILES string of the molecule is CC(F)c1cc(CN)c2c(c1)OCO2. The van der Waals surface area contributed by atoms with Gasteiger partial charge in [0.2, 0.25) is 6.79 Å². The Morgan fingerprint density at radius 2 is 2.29 bits per heavy atom. The lowest BCUT2D eigenvalue weighted by atomic mass is 10.1. The first kappa shape index (κ1) is 9.27. The summed E-state index contributed by atoms with van der Waals surface area (Å²) in [6.45, 7) is 2.00. The van der Waals surface area contributed by atoms with Crippen molar-refractivity contribution in [2.45, 2.75) is 19.6 Å². The number of hydrogen-bond donors (Lipinski definition) is 1. The molecule has 2 rings (SSSR count). The lowest BCUT2D eigenvalue weighted by Crippen LogP contribution is -2.00. The van der Waals surface area contributed by atoms with E-state index in [0.717, 1.165) is 5.56 Å². The lowest BCUT2D eigenvalue weighted by molar-refractivity contribution is 0.173. The van der Waals surface area contributed by atoms with Crippen LogP contribution in [0.1, 0.15) is 24.2 Å². The van der Waals surface area contributed by atoms with Gasteiger partial charge >= 0.3 is 0 Å². The maximum atomic E-state index is 13.1. The second-order valence-corrected chi connectivity index (χ2v) is 3.23. The summed E-state index contributed by atoms with van der Waals surface area (Å²) in [6.07, 6.45) is -1.02. The molecule has 1 heterocycles. The third-order valence-corrected chi connectivity index (χ3v) is 2.25. The number of alkyl halides is 1. The summed E-state index contributed by atoms with van der Waals surface area (Å²) >= 11 is 0. The molecule has 0 radical (unpaired) electrons. The van der Waals surface area contributed by atoms with Crippen LogP contribution in [-0.4, -0.2) is 6.79 Å². The van der Waals surface area contributed by atoms with Crippen molar-refractivity contribution in [1.29, 1.82) is 0 Å². The van der Waals surface area contributed by atoms with Gasteiger partial charge in [-0.2, -0.15) is 0 Å². The molecule has 0 aromatic heterocycles. The van der Waals surface area contributed by atoms with Crippen LogP contribution in [0.3, 0.4) is 0 Å². The Kier molecular flexibility index (Phi) is 2.29. The quantitative estimate of drug-likeness (QED) is 0.787. The molecule has 1 aliphatic heterocycles. The molecule has 2 N–H and O–H groups in total. The smallest absolute Gasteiger partial charge is 0.231 e. The van der Waals surface area contributed by atoms with E-state index in [0.29, 0.717) is 23.6 Å². The highest BCUT2D eigenvalue weighted by Gasteiger charge is 2.19. The fourth-order valence-electron chi connectivity index (χ4n) is 1.49. The van der Waals surface area contributed by atoms with E-state index in [9.17, 15) is 4.39 Å². The van der Waals surface area contributed by atoms with E-state index in [2.05, 4.69) is 0 Å². The average molecular weight is 197 g/mol. The molecule has 1 aromatic carbocycles. The highest BCUT2D eigenvalue weighted by atomic mass is 19.1. The maximum Gasteiger partial charge on any atom is 0.231 e. The van der Waals surface area contributed by atoms with Crippen LogP contribution in [0.4, 0.5) is 4.39 Å². The fraction of sp³-hybridized carbons (Fsp3) is 0.400. The van der Waals surface area contributed by atoms with Crippen LogP contribution in [0, 0.1) is 0 Å². The molecule has 4 heteroatoms. The van der Waals surface area contributed by atoms with Crippen LogP contribution in [-0.2, 0) is 6.54 Å². The summed E-state index contributed by atoms with van der Waals surface area (Å²) in [7, 11) is 0. The van der Waals surface area contributed by atoms with Crippen molar-refractivity contribution < 1.29 is 13.9 Å². The van der Waals surface area contributed by atoms with Gasteiger partial charge < -0.3 is 15.2 Å². The normalized spacial score (nSPS) is 15.6. The van der Waals surface area contributed by atoms with Crippen molar-refractivity contribution in [3.8, 4) is 11.5 Å². The van der Waals surface area contributed by atoms with E-state index in [1.807, 2.05) is 0 Å². The van der Waals surface area contributed by atoms with Crippen molar-refractivity contribution in [3.05, 3.63) is 23.3 Å². The Labute approximate surface area is 81.6 Å². The third-order valence-electron chi connectivity index (χ3n) is 2.25. The van der Waals surface area contributed by atoms with Gasteiger partial charge in [0.15, 0.2) is 11.5 Å². The van der Waals surface area contributed by atoms with Crippen molar-refractivity contribution in [2.24, 2.45) is 5.73 Å². The van der Waals surface area contributed by atoms with Crippen LogP contribution in [0.5, 0.6) is 11.5 Å². The molecule has 0 saturated heterocycles. The number of fused-ring (bicyclic) bond motifs is 1. The molecule has 0 spiro atoms. The first-order valence-electron chi connectivity index (χ1n) is 4.49. The van der Waals surface area contributed by atoms with Crippen LogP contribution < -0.4 is 15.2 Å². The summed E-state index contributed by atoms with van der Waals surface area (Å²) in [6, 6.07) is 3.38. The van der Waals surface area contributed by atoms with Gasteiger partial charge in [-0.05, 0) is 24.6 Å². The molecule has 1 aromatic rings. The predicted octanol–water partition coefficient (Wildman–Crippen LogP) is 1.90. The van der Waals surface area contributed by atoms with Gasteiger partial charge in [0.1, 0.15) is 6.17 Å². The Morgan fingerprint density at radius 1 is 1.50 bits per heavy atom. The van der Waals surface area contributed by atoms with Crippen LogP contribution in [0.25, 0.3) is 0 Å². The minimum absolute atomic E-state index is 0.187. The number of ether oxygens (including phenoxy) is 2. The highest BCUT2D eigenvalue weighted by molar-refractivity contribution is 5.51. The molecule has 0 fully saturated rings. The molecule has 0 bridgehead atoms. The van der Waals surface area contributed by atoms with E-state index >= 15 is 0 Å². The minimum atomic E-state index is -1.02. The number of benzene rings is 1. The average Bonchev–Trinajstić information content (AvgIpc) is 2.63. The molecular weight excluding hydrogens is 185 g/mol. The van der Waals surface area contributed by atoms with Gasteiger partial charge in [-0.25, -0.2) is 4.39 Å². The monoisotopic (exact) mass is 197 g/mol. The topological polar surface area (TPSA) is 44.5 Å². The van der Waals surface area contributed by atoms with E-state index in [-0.39, 0.29) is 6.79 Å². The van der Waals surface area contributed by atoms with Crippen molar-refractivity contribution >= 4 is 0 Å². The minimum Gasteiger partial charge on any atom is -0.454 e. The van der Waals surface area contributed by atoms with Crippen LogP contribution in [0.15, 0.2) is 12.1 Å². The number of halogens is 1. The van der Waals surface area contributed by atoms with Crippen LogP contribution in [0.2, 0.25) is 0 Å². The Hall–Kier alpha value is -1.29. The molecule has 1 unspecified atom stereocenters. The highest BCUT2D eigenvalue weighted by Crippen LogP contribution is 2.38. The Balaban J connectivity index is 2.49. The van der Waals surface area contributed by atoms with E-state index in [1.54, 1.807) is 12.1 Å². The van der Waals surface area contributed by atoms with Gasteiger partial charge in [0.05, 0.1) is 0 Å². The van der Waals surface area contributed by atoms with E-state index in [1.165, 1.54) is 6.92 Å². The van der Waals surface area contributed by atoms with Gasteiger partial charge in [-0.3, -0.25) is 0 Å². The second-order valence-electron chi connectivity index (χ2n) is 3.23. The number of nitrogens with two attached hydrogens (primary N) is 1. The maximum absolute atomic E-state index is 13.1. The number of rotatable bonds is 2. The largest absolute Gasteiger partial charge is 0.454 e. The van der Waals surface area contributed by atoms with Crippen molar-refractivity contribution in [1.82, 2.24) is 0 Å². The first-order valence-corrected chi connectivity index (χ1v) is 4.49. The van der Waals surface area contributed by atoms with Gasteiger partial charge in [-0.1, -0.05) is 0 Å². The zero-order chi connectivity index (χ0) is 10.1. The van der Waals surface area contributed by atoms with Gasteiger partial charge in [-0.15, -0.1) is 0 Å². The lowest BCUT2D eigenvalue weighted by Gasteiger charge is -2.08. The molecule has 14 heavy (non-hydrogen) atoms. The Bertz CT molecular complexity index is 352. The molecular formula is C10H12FNO2. The van der Waals surface area contributed by atoms with E-state index in [4.69, 9.17) is 15.2 Å². The molecule has 3 nitrogen and oxygen atoms in total. The predicted molar refractivity (Wildman–Crippen MR) is 50.0 cm³/mol. The summed E-state index contributed by atoms with van der Waals surface area (Å²) in [5.74, 6) is 1.24. The standard InChI is InChI=1S/C10H12FNO2/c1-6(11)7-2-8(4-12)10-9(3-7)13-5-14-10/h2-3,6H,4-5,12H2,1H3. The Morgan fingerprint density at radius 3 is 2.93 bits per heavy atom. The fourth-order valence-corrected chi connectivity index (χ4v) is 1.49. The molecule has 76 valence electrons. The second kappa shape index (κ2) is 3.46. The summed E-state index contributed by atoms with van der Waals surface area (Å²) in [4.78, 5) is 0. The first-order chi connectivity index (χ1) is 6.72. The zero-order valence-electron chi connectivity index (χ0n) is 7.92. The molecule has 0 amide bonds. The summed E-state index contributed by atoms with van der Waals surface area (Å²) < 4.78 is 23.5. The van der Waals surface area contributed by atoms with Crippen LogP contribution >= 0.6 is 0 Å². The van der Waals surface area contributed by atoms with Gasteiger partial charge in [0.25, 0.3) is 0 Å². The molecule has 1 atom stereocenters. The van der Waals surface area contributed by atoms with Gasteiger partial charge in [0, 0.05) is 12.1 Å². The molecule has 0 saturated carbocycles. The van der Waals surface area contributed by atoms with Crippen molar-refractivity contribution in [3.63, 3.8) is 0 Å². The zero-order valence-corrected chi connectivity index (χ0v) is 7.92. The number of hydrogen-bond acceptors (Lipinski definition) is 3. The van der Waals surface area contributed by atoms with Crippen molar-refractivity contribution in [2.75, 3.05) is 6.79 Å². The van der Waals surface area contributed by atoms with E-state index < -0.39 is 6.17 Å². The molecule has 0 aliphatic carbocycles. The third kappa shape index (κ3) is 1.42. The summed E-state index contributed by atoms with van der Waals surface area (Å²) in [5, 5.41) is 0. The summed E-state index contributed by atoms with van der Waals surface area (Å²) in [5.41, 5.74) is 6.90. The molecule has 1 aliphatic rings.